The summed E-state index contributed by atoms with van der Waals surface area (Å²) in [4.78, 5) is 14.5. The summed E-state index contributed by atoms with van der Waals surface area (Å²) in [5.41, 5.74) is 1.04. The number of rotatable bonds is 6. The summed E-state index contributed by atoms with van der Waals surface area (Å²) in [5, 5.41) is 12.3. The van der Waals surface area contributed by atoms with E-state index >= 15 is 0 Å². The van der Waals surface area contributed by atoms with Gasteiger partial charge in [0, 0.05) is 26.3 Å². The van der Waals surface area contributed by atoms with Crippen LogP contribution in [-0.2, 0) is 4.74 Å². The minimum Gasteiger partial charge on any atom is -0.396 e. The molecule has 0 spiro atoms. The molecule has 1 fully saturated rings. The standard InChI is InChI=1S/C17H26N2O3/c1-22-13-16(14-7-3-2-4-8-14)18-17(21)19-11-6-5-9-15(19)10-12-20/h2-4,7-8,15-16,20H,5-6,9-13H2,1H3,(H,18,21). The number of amides is 2. The smallest absolute Gasteiger partial charge is 0.318 e. The van der Waals surface area contributed by atoms with Crippen molar-refractivity contribution in [3.63, 3.8) is 0 Å². The molecule has 22 heavy (non-hydrogen) atoms. The maximum Gasteiger partial charge on any atom is 0.318 e. The van der Waals surface area contributed by atoms with Crippen LogP contribution in [-0.4, -0.2) is 48.9 Å². The fourth-order valence-electron chi connectivity index (χ4n) is 3.02. The van der Waals surface area contributed by atoms with Crippen LogP contribution in [0.4, 0.5) is 4.79 Å². The van der Waals surface area contributed by atoms with Crippen molar-refractivity contribution < 1.29 is 14.6 Å². The molecule has 1 aliphatic rings. The second-order valence-corrected chi connectivity index (χ2v) is 5.72. The van der Waals surface area contributed by atoms with E-state index in [1.54, 1.807) is 7.11 Å². The average Bonchev–Trinajstić information content (AvgIpc) is 2.56. The highest BCUT2D eigenvalue weighted by molar-refractivity contribution is 5.75. The van der Waals surface area contributed by atoms with Crippen molar-refractivity contribution >= 4 is 6.03 Å². The van der Waals surface area contributed by atoms with E-state index in [2.05, 4.69) is 5.32 Å². The largest absolute Gasteiger partial charge is 0.396 e. The normalized spacial score (nSPS) is 19.7. The first-order valence-electron chi connectivity index (χ1n) is 7.98. The Morgan fingerprint density at radius 3 is 2.86 bits per heavy atom. The highest BCUT2D eigenvalue weighted by Crippen LogP contribution is 2.21. The third-order valence-electron chi connectivity index (χ3n) is 4.18. The van der Waals surface area contributed by atoms with E-state index in [0.717, 1.165) is 31.4 Å². The highest BCUT2D eigenvalue weighted by Gasteiger charge is 2.27. The molecule has 0 bridgehead atoms. The number of aliphatic hydroxyl groups excluding tert-OH is 1. The van der Waals surface area contributed by atoms with Gasteiger partial charge in [0.2, 0.25) is 0 Å². The number of aliphatic hydroxyl groups is 1. The molecule has 2 atom stereocenters. The number of piperidine rings is 1. The van der Waals surface area contributed by atoms with Gasteiger partial charge < -0.3 is 20.1 Å². The zero-order valence-corrected chi connectivity index (χ0v) is 13.2. The molecule has 2 amide bonds. The van der Waals surface area contributed by atoms with E-state index < -0.39 is 0 Å². The van der Waals surface area contributed by atoms with Gasteiger partial charge in [-0.1, -0.05) is 30.3 Å². The lowest BCUT2D eigenvalue weighted by Crippen LogP contribution is -2.50. The van der Waals surface area contributed by atoms with Gasteiger partial charge in [-0.15, -0.1) is 0 Å². The van der Waals surface area contributed by atoms with Crippen LogP contribution >= 0.6 is 0 Å². The average molecular weight is 306 g/mol. The summed E-state index contributed by atoms with van der Waals surface area (Å²) in [7, 11) is 1.64. The Hall–Kier alpha value is -1.59. The minimum atomic E-state index is -0.157. The van der Waals surface area contributed by atoms with Crippen molar-refractivity contribution in [3.05, 3.63) is 35.9 Å². The number of methoxy groups -OCH3 is 1. The van der Waals surface area contributed by atoms with E-state index in [4.69, 9.17) is 4.74 Å². The van der Waals surface area contributed by atoms with E-state index in [0.29, 0.717) is 13.0 Å². The summed E-state index contributed by atoms with van der Waals surface area (Å²) in [5.74, 6) is 0. The number of likely N-dealkylation sites (tertiary alicyclic amines) is 1. The van der Waals surface area contributed by atoms with Crippen LogP contribution in [0.15, 0.2) is 30.3 Å². The molecule has 1 aromatic rings. The number of benzene rings is 1. The molecule has 2 rings (SSSR count). The van der Waals surface area contributed by atoms with Crippen molar-refractivity contribution in [3.8, 4) is 0 Å². The summed E-state index contributed by atoms with van der Waals surface area (Å²) in [6, 6.07) is 9.77. The van der Waals surface area contributed by atoms with Gasteiger partial charge in [0.15, 0.2) is 0 Å². The van der Waals surface area contributed by atoms with Crippen LogP contribution in [0.25, 0.3) is 0 Å². The minimum absolute atomic E-state index is 0.0657. The zero-order chi connectivity index (χ0) is 15.8. The van der Waals surface area contributed by atoms with Crippen LogP contribution in [0.3, 0.4) is 0 Å². The molecule has 0 radical (unpaired) electrons. The molecule has 0 saturated carbocycles. The first kappa shape index (κ1) is 16.8. The first-order chi connectivity index (χ1) is 10.8. The predicted octanol–water partition coefficient (Wildman–Crippen LogP) is 2.32. The van der Waals surface area contributed by atoms with Crippen LogP contribution in [0.2, 0.25) is 0 Å². The number of carbonyl (C=O) groups excluding carboxylic acids is 1. The van der Waals surface area contributed by atoms with Gasteiger partial charge in [-0.2, -0.15) is 0 Å². The lowest BCUT2D eigenvalue weighted by Gasteiger charge is -2.36. The summed E-state index contributed by atoms with van der Waals surface area (Å²) in [6.45, 7) is 1.31. The number of hydrogen-bond donors (Lipinski definition) is 2. The van der Waals surface area contributed by atoms with Crippen molar-refractivity contribution in [2.24, 2.45) is 0 Å². The molecule has 1 heterocycles. The molecule has 2 N–H and O–H groups in total. The van der Waals surface area contributed by atoms with Gasteiger partial charge in [-0.05, 0) is 31.2 Å². The quantitative estimate of drug-likeness (QED) is 0.848. The lowest BCUT2D eigenvalue weighted by molar-refractivity contribution is 0.120. The lowest BCUT2D eigenvalue weighted by atomic mass is 10.00. The Kier molecular flexibility index (Phi) is 6.68. The van der Waals surface area contributed by atoms with E-state index in [9.17, 15) is 9.90 Å². The molecule has 5 heteroatoms. The second kappa shape index (κ2) is 8.76. The molecule has 1 aromatic carbocycles. The van der Waals surface area contributed by atoms with Gasteiger partial charge in [0.1, 0.15) is 0 Å². The molecule has 2 unspecified atom stereocenters. The Bertz CT molecular complexity index is 450. The number of ether oxygens (including phenoxy) is 1. The number of hydrogen-bond acceptors (Lipinski definition) is 3. The third kappa shape index (κ3) is 4.45. The van der Waals surface area contributed by atoms with E-state index in [-0.39, 0.29) is 24.7 Å². The Labute approximate surface area is 132 Å². The first-order valence-corrected chi connectivity index (χ1v) is 7.98. The molecule has 1 aliphatic heterocycles. The van der Waals surface area contributed by atoms with Crippen molar-refractivity contribution in [2.45, 2.75) is 37.8 Å². The van der Waals surface area contributed by atoms with Gasteiger partial charge in [0.25, 0.3) is 0 Å². The maximum atomic E-state index is 12.6. The van der Waals surface area contributed by atoms with E-state index in [1.807, 2.05) is 35.2 Å². The van der Waals surface area contributed by atoms with Crippen LogP contribution in [0.1, 0.15) is 37.3 Å². The number of urea groups is 1. The molecule has 122 valence electrons. The van der Waals surface area contributed by atoms with Crippen molar-refractivity contribution in [2.75, 3.05) is 26.9 Å². The third-order valence-corrected chi connectivity index (χ3v) is 4.18. The molecule has 5 nitrogen and oxygen atoms in total. The van der Waals surface area contributed by atoms with Crippen LogP contribution in [0.5, 0.6) is 0 Å². The fourth-order valence-corrected chi connectivity index (χ4v) is 3.02. The molecular weight excluding hydrogens is 280 g/mol. The molecule has 0 aromatic heterocycles. The second-order valence-electron chi connectivity index (χ2n) is 5.72. The number of carbonyl (C=O) groups is 1. The highest BCUT2D eigenvalue weighted by atomic mass is 16.5. The Morgan fingerprint density at radius 2 is 2.18 bits per heavy atom. The Balaban J connectivity index is 2.03. The number of nitrogens with one attached hydrogen (secondary N) is 1. The zero-order valence-electron chi connectivity index (χ0n) is 13.2. The summed E-state index contributed by atoms with van der Waals surface area (Å²) < 4.78 is 5.25. The SMILES string of the molecule is COCC(NC(=O)N1CCCCC1CCO)c1ccccc1. The Morgan fingerprint density at radius 1 is 1.41 bits per heavy atom. The van der Waals surface area contributed by atoms with Crippen molar-refractivity contribution in [1.82, 2.24) is 10.2 Å². The maximum absolute atomic E-state index is 12.6. The summed E-state index contributed by atoms with van der Waals surface area (Å²) >= 11 is 0. The van der Waals surface area contributed by atoms with Crippen LogP contribution in [0, 0.1) is 0 Å². The van der Waals surface area contributed by atoms with E-state index in [1.165, 1.54) is 0 Å². The predicted molar refractivity (Wildman–Crippen MR) is 85.6 cm³/mol. The van der Waals surface area contributed by atoms with Gasteiger partial charge >= 0.3 is 6.03 Å². The van der Waals surface area contributed by atoms with Gasteiger partial charge in [-0.25, -0.2) is 4.79 Å². The monoisotopic (exact) mass is 306 g/mol. The number of nitrogens with zero attached hydrogens (tertiary/aromatic N) is 1. The van der Waals surface area contributed by atoms with Gasteiger partial charge in [0.05, 0.1) is 12.6 Å². The topological polar surface area (TPSA) is 61.8 Å². The fraction of sp³-hybridized carbons (Fsp3) is 0.588. The molecule has 1 saturated heterocycles. The molecular formula is C17H26N2O3. The summed E-state index contributed by atoms with van der Waals surface area (Å²) in [6.07, 6.45) is 3.76. The van der Waals surface area contributed by atoms with Gasteiger partial charge in [-0.3, -0.25) is 0 Å². The van der Waals surface area contributed by atoms with Crippen molar-refractivity contribution in [1.29, 1.82) is 0 Å². The van der Waals surface area contributed by atoms with Crippen LogP contribution < -0.4 is 5.32 Å². The molecule has 0 aliphatic carbocycles.